The van der Waals surface area contributed by atoms with Crippen LogP contribution in [0.4, 0.5) is 5.69 Å². The molecule has 1 unspecified atom stereocenters. The van der Waals surface area contributed by atoms with Crippen LogP contribution in [0.5, 0.6) is 0 Å². The zero-order valence-corrected chi connectivity index (χ0v) is 13.5. The fourth-order valence-corrected chi connectivity index (χ4v) is 3.10. The van der Waals surface area contributed by atoms with Crippen molar-refractivity contribution < 1.29 is 24.2 Å². The van der Waals surface area contributed by atoms with E-state index in [1.807, 2.05) is 0 Å². The van der Waals surface area contributed by atoms with Crippen molar-refractivity contribution in [1.29, 1.82) is 0 Å². The summed E-state index contributed by atoms with van der Waals surface area (Å²) in [6, 6.07) is 6.46. The molecule has 1 amide bonds. The fraction of sp³-hybridized carbons (Fsp3) is 0.333. The number of nitrogens with zero attached hydrogens (tertiary/aromatic N) is 2. The second-order valence-corrected chi connectivity index (χ2v) is 5.93. The van der Waals surface area contributed by atoms with E-state index < -0.39 is 17.2 Å². The van der Waals surface area contributed by atoms with Crippen LogP contribution in [-0.2, 0) is 14.3 Å². The maximum absolute atomic E-state index is 12.0. The average Bonchev–Trinajstić information content (AvgIpc) is 2.76. The number of carbonyl (C=O) groups excluding carboxylic acids is 2. The van der Waals surface area contributed by atoms with Gasteiger partial charge in [0, 0.05) is 7.05 Å². The Hall–Kier alpha value is -2.35. The lowest BCUT2D eigenvalue weighted by atomic mass is 10.2. The number of aliphatic imine (C=N–C) groups is 1. The largest absolute Gasteiger partial charge is 0.481 e. The third kappa shape index (κ3) is 4.10. The van der Waals surface area contributed by atoms with Crippen molar-refractivity contribution in [3.63, 3.8) is 0 Å². The number of thioether (sulfide) groups is 1. The molecule has 1 heterocycles. The van der Waals surface area contributed by atoms with Crippen molar-refractivity contribution in [2.45, 2.75) is 18.6 Å². The molecule has 0 spiro atoms. The number of amidine groups is 1. The minimum atomic E-state index is -1.02. The lowest BCUT2D eigenvalue weighted by molar-refractivity contribution is -0.139. The third-order valence-electron chi connectivity index (χ3n) is 3.10. The summed E-state index contributed by atoms with van der Waals surface area (Å²) in [5.74, 6) is -1.71. The zero-order valence-electron chi connectivity index (χ0n) is 12.7. The number of aliphatic carboxylic acids is 1. The lowest BCUT2D eigenvalue weighted by Crippen LogP contribution is -2.28. The van der Waals surface area contributed by atoms with Gasteiger partial charge in [-0.1, -0.05) is 11.8 Å². The van der Waals surface area contributed by atoms with E-state index in [4.69, 9.17) is 9.84 Å². The molecule has 1 saturated heterocycles. The van der Waals surface area contributed by atoms with Gasteiger partial charge >= 0.3 is 11.9 Å². The number of hydrogen-bond acceptors (Lipinski definition) is 6. The summed E-state index contributed by atoms with van der Waals surface area (Å²) >= 11 is 1.12. The first kappa shape index (κ1) is 17.0. The monoisotopic (exact) mass is 336 g/mol. The smallest absolute Gasteiger partial charge is 0.338 e. The van der Waals surface area contributed by atoms with Gasteiger partial charge in [-0.15, -0.1) is 0 Å². The van der Waals surface area contributed by atoms with E-state index in [1.165, 1.54) is 4.90 Å². The van der Waals surface area contributed by atoms with Gasteiger partial charge in [0.1, 0.15) is 5.25 Å². The Morgan fingerprint density at radius 1 is 1.35 bits per heavy atom. The molecule has 1 aromatic rings. The van der Waals surface area contributed by atoms with Crippen molar-refractivity contribution in [2.24, 2.45) is 4.99 Å². The molecule has 122 valence electrons. The van der Waals surface area contributed by atoms with E-state index in [2.05, 4.69) is 4.99 Å². The predicted octanol–water partition coefficient (Wildman–Crippen LogP) is 1.90. The lowest BCUT2D eigenvalue weighted by Gasteiger charge is -2.08. The molecule has 1 N–H and O–H groups in total. The Balaban J connectivity index is 2.14. The minimum Gasteiger partial charge on any atom is -0.481 e. The molecule has 1 aliphatic heterocycles. The van der Waals surface area contributed by atoms with Crippen LogP contribution in [0.25, 0.3) is 0 Å². The van der Waals surface area contributed by atoms with Crippen LogP contribution >= 0.6 is 11.8 Å². The summed E-state index contributed by atoms with van der Waals surface area (Å²) in [5.41, 5.74) is 0.985. The zero-order chi connectivity index (χ0) is 17.0. The summed E-state index contributed by atoms with van der Waals surface area (Å²) < 4.78 is 4.90. The van der Waals surface area contributed by atoms with Gasteiger partial charge < -0.3 is 9.84 Å². The quantitative estimate of drug-likeness (QED) is 0.825. The second-order valence-electron chi connectivity index (χ2n) is 4.76. The van der Waals surface area contributed by atoms with Gasteiger partial charge in [-0.3, -0.25) is 14.5 Å². The molecule has 0 radical (unpaired) electrons. The van der Waals surface area contributed by atoms with E-state index in [1.54, 1.807) is 38.2 Å². The molecule has 7 nitrogen and oxygen atoms in total. The van der Waals surface area contributed by atoms with E-state index in [9.17, 15) is 14.4 Å². The van der Waals surface area contributed by atoms with Gasteiger partial charge in [0.15, 0.2) is 5.17 Å². The first-order valence-electron chi connectivity index (χ1n) is 6.94. The van der Waals surface area contributed by atoms with Crippen molar-refractivity contribution in [2.75, 3.05) is 13.7 Å². The maximum atomic E-state index is 12.0. The minimum absolute atomic E-state index is 0.241. The molecule has 1 aromatic carbocycles. The Morgan fingerprint density at radius 2 is 2.00 bits per heavy atom. The molecule has 0 aliphatic carbocycles. The molecule has 0 aromatic heterocycles. The highest BCUT2D eigenvalue weighted by Crippen LogP contribution is 2.30. The number of rotatable bonds is 5. The fourth-order valence-electron chi connectivity index (χ4n) is 1.95. The molecule has 1 aliphatic rings. The molecular formula is C15H16N2O5S. The number of carbonyl (C=O) groups is 3. The molecule has 0 saturated carbocycles. The summed E-state index contributed by atoms with van der Waals surface area (Å²) in [7, 11) is 1.56. The molecule has 1 atom stereocenters. The maximum Gasteiger partial charge on any atom is 0.338 e. The number of benzene rings is 1. The summed E-state index contributed by atoms with van der Waals surface area (Å²) in [6.07, 6.45) is -0.241. The molecule has 0 bridgehead atoms. The van der Waals surface area contributed by atoms with Gasteiger partial charge in [0.25, 0.3) is 0 Å². The van der Waals surface area contributed by atoms with E-state index in [0.717, 1.165) is 11.8 Å². The van der Waals surface area contributed by atoms with Crippen molar-refractivity contribution >= 4 is 40.5 Å². The Bertz CT molecular complexity index is 656. The molecule has 2 rings (SSSR count). The first-order chi connectivity index (χ1) is 10.9. The van der Waals surface area contributed by atoms with Crippen LogP contribution in [0.3, 0.4) is 0 Å². The summed E-state index contributed by atoms with van der Waals surface area (Å²) in [6.45, 7) is 2.04. The standard InChI is InChI=1S/C15H16N2O5S/c1-3-22-14(21)9-4-6-10(7-5-9)16-15-17(2)13(20)11(23-15)8-12(18)19/h4-7,11H,3,8H2,1-2H3,(H,18,19). The van der Waals surface area contributed by atoms with Crippen LogP contribution < -0.4 is 0 Å². The number of amides is 1. The Morgan fingerprint density at radius 3 is 2.57 bits per heavy atom. The van der Waals surface area contributed by atoms with Crippen LogP contribution in [-0.4, -0.2) is 51.9 Å². The van der Waals surface area contributed by atoms with Gasteiger partial charge in [-0.2, -0.15) is 0 Å². The number of hydrogen-bond donors (Lipinski definition) is 1. The number of ether oxygens (including phenoxy) is 1. The molecule has 8 heteroatoms. The highest BCUT2D eigenvalue weighted by Gasteiger charge is 2.36. The highest BCUT2D eigenvalue weighted by atomic mass is 32.2. The van der Waals surface area contributed by atoms with Gasteiger partial charge in [-0.05, 0) is 31.2 Å². The van der Waals surface area contributed by atoms with E-state index in [0.29, 0.717) is 23.0 Å². The number of carboxylic acids is 1. The summed E-state index contributed by atoms with van der Waals surface area (Å²) in [4.78, 5) is 40.0. The van der Waals surface area contributed by atoms with Crippen LogP contribution in [0.1, 0.15) is 23.7 Å². The van der Waals surface area contributed by atoms with E-state index >= 15 is 0 Å². The topological polar surface area (TPSA) is 96.3 Å². The van der Waals surface area contributed by atoms with Crippen LogP contribution in [0, 0.1) is 0 Å². The van der Waals surface area contributed by atoms with Crippen molar-refractivity contribution in [3.8, 4) is 0 Å². The molecular weight excluding hydrogens is 320 g/mol. The third-order valence-corrected chi connectivity index (χ3v) is 4.33. The van der Waals surface area contributed by atoms with Crippen molar-refractivity contribution in [3.05, 3.63) is 29.8 Å². The number of esters is 1. The SMILES string of the molecule is CCOC(=O)c1ccc(N=C2SC(CC(=O)O)C(=O)N2C)cc1. The molecule has 23 heavy (non-hydrogen) atoms. The normalized spacial score (nSPS) is 19.2. The van der Waals surface area contributed by atoms with E-state index in [-0.39, 0.29) is 12.3 Å². The second kappa shape index (κ2) is 7.28. The van der Waals surface area contributed by atoms with Crippen LogP contribution in [0.2, 0.25) is 0 Å². The average molecular weight is 336 g/mol. The Labute approximate surface area is 137 Å². The Kier molecular flexibility index (Phi) is 5.38. The van der Waals surface area contributed by atoms with Gasteiger partial charge in [-0.25, -0.2) is 9.79 Å². The first-order valence-corrected chi connectivity index (χ1v) is 7.82. The van der Waals surface area contributed by atoms with Gasteiger partial charge in [0.2, 0.25) is 5.91 Å². The van der Waals surface area contributed by atoms with Crippen molar-refractivity contribution in [1.82, 2.24) is 4.90 Å². The number of carboxylic acid groups (broad SMARTS) is 1. The highest BCUT2D eigenvalue weighted by molar-refractivity contribution is 8.15. The predicted molar refractivity (Wildman–Crippen MR) is 85.9 cm³/mol. The summed E-state index contributed by atoms with van der Waals surface area (Å²) in [5, 5.41) is 8.59. The van der Waals surface area contributed by atoms with Gasteiger partial charge in [0.05, 0.1) is 24.3 Å². The molecule has 1 fully saturated rings. The van der Waals surface area contributed by atoms with Crippen LogP contribution in [0.15, 0.2) is 29.3 Å².